The first kappa shape index (κ1) is 13.5. The maximum Gasteiger partial charge on any atom is 0.273 e. The number of hydrogen-bond donors (Lipinski definition) is 1. The molecule has 4 nitrogen and oxygen atoms in total. The van der Waals surface area contributed by atoms with Crippen molar-refractivity contribution in [2.24, 2.45) is 5.73 Å². The third kappa shape index (κ3) is 2.72. The average Bonchev–Trinajstić information content (AvgIpc) is 2.87. The second-order valence-corrected chi connectivity index (χ2v) is 5.81. The van der Waals surface area contributed by atoms with Crippen molar-refractivity contribution in [3.8, 4) is 0 Å². The lowest BCUT2D eigenvalue weighted by Crippen LogP contribution is -2.43. The first-order valence-corrected chi connectivity index (χ1v) is 7.53. The lowest BCUT2D eigenvalue weighted by molar-refractivity contribution is 0.0602. The van der Waals surface area contributed by atoms with Crippen LogP contribution in [-0.2, 0) is 0 Å². The Morgan fingerprint density at radius 2 is 2.44 bits per heavy atom. The van der Waals surface area contributed by atoms with Gasteiger partial charge in [0.2, 0.25) is 0 Å². The molecule has 0 bridgehead atoms. The largest absolute Gasteiger partial charge is 0.334 e. The number of carbonyl (C=O) groups is 1. The Morgan fingerprint density at radius 1 is 1.67 bits per heavy atom. The van der Waals surface area contributed by atoms with Crippen molar-refractivity contribution < 1.29 is 4.79 Å². The summed E-state index contributed by atoms with van der Waals surface area (Å²) in [4.78, 5) is 18.8. The molecule has 0 radical (unpaired) electrons. The van der Waals surface area contributed by atoms with Crippen molar-refractivity contribution in [3.05, 3.63) is 16.1 Å². The van der Waals surface area contributed by atoms with E-state index in [9.17, 15) is 4.79 Å². The van der Waals surface area contributed by atoms with Crippen molar-refractivity contribution in [2.75, 3.05) is 6.54 Å². The summed E-state index contributed by atoms with van der Waals surface area (Å²) >= 11 is 1.48. The smallest absolute Gasteiger partial charge is 0.273 e. The molecule has 1 amide bonds. The summed E-state index contributed by atoms with van der Waals surface area (Å²) in [5.74, 6) is 0.0738. The van der Waals surface area contributed by atoms with Crippen molar-refractivity contribution in [1.29, 1.82) is 0 Å². The van der Waals surface area contributed by atoms with Gasteiger partial charge in [-0.2, -0.15) is 0 Å². The van der Waals surface area contributed by atoms with E-state index in [2.05, 4.69) is 11.9 Å². The van der Waals surface area contributed by atoms with Crippen LogP contribution in [0.4, 0.5) is 0 Å². The monoisotopic (exact) mass is 267 g/mol. The number of rotatable bonds is 3. The van der Waals surface area contributed by atoms with E-state index in [1.54, 1.807) is 0 Å². The molecule has 1 saturated heterocycles. The zero-order valence-corrected chi connectivity index (χ0v) is 11.9. The van der Waals surface area contributed by atoms with E-state index in [1.165, 1.54) is 17.8 Å². The maximum atomic E-state index is 12.4. The van der Waals surface area contributed by atoms with Gasteiger partial charge in [-0.1, -0.05) is 6.92 Å². The molecule has 1 aromatic rings. The van der Waals surface area contributed by atoms with Crippen LogP contribution in [-0.4, -0.2) is 28.4 Å². The van der Waals surface area contributed by atoms with Crippen LogP contribution in [0.2, 0.25) is 0 Å². The zero-order valence-electron chi connectivity index (χ0n) is 11.1. The molecule has 0 aromatic carbocycles. The molecule has 2 N–H and O–H groups in total. The van der Waals surface area contributed by atoms with Gasteiger partial charge in [-0.05, 0) is 32.6 Å². The quantitative estimate of drug-likeness (QED) is 0.915. The Morgan fingerprint density at radius 3 is 3.06 bits per heavy atom. The number of piperidine rings is 1. The first-order valence-electron chi connectivity index (χ1n) is 6.65. The number of amides is 1. The van der Waals surface area contributed by atoms with Crippen LogP contribution in [0, 0.1) is 0 Å². The first-order chi connectivity index (χ1) is 8.63. The topological polar surface area (TPSA) is 59.2 Å². The van der Waals surface area contributed by atoms with Crippen LogP contribution in [0.3, 0.4) is 0 Å². The summed E-state index contributed by atoms with van der Waals surface area (Å²) in [7, 11) is 0. The molecule has 100 valence electrons. The molecule has 0 saturated carbocycles. The molecular weight excluding hydrogens is 246 g/mol. The van der Waals surface area contributed by atoms with E-state index in [-0.39, 0.29) is 11.9 Å². The number of nitrogens with zero attached hydrogens (tertiary/aromatic N) is 2. The molecule has 2 unspecified atom stereocenters. The van der Waals surface area contributed by atoms with Gasteiger partial charge in [-0.15, -0.1) is 11.3 Å². The van der Waals surface area contributed by atoms with Gasteiger partial charge >= 0.3 is 0 Å². The van der Waals surface area contributed by atoms with Crippen molar-refractivity contribution in [1.82, 2.24) is 9.88 Å². The molecule has 1 aliphatic heterocycles. The fraction of sp³-hybridized carbons (Fsp3) is 0.692. The SMILES string of the molecule is CCC1CCCCN1C(=O)c1csc(C(C)N)n1. The minimum Gasteiger partial charge on any atom is -0.334 e. The molecule has 0 spiro atoms. The summed E-state index contributed by atoms with van der Waals surface area (Å²) in [6.07, 6.45) is 4.47. The van der Waals surface area contributed by atoms with Gasteiger partial charge in [-0.3, -0.25) is 4.79 Å². The number of aromatic nitrogens is 1. The normalized spacial score (nSPS) is 21.9. The van der Waals surface area contributed by atoms with Crippen LogP contribution in [0.15, 0.2) is 5.38 Å². The van der Waals surface area contributed by atoms with Crippen molar-refractivity contribution >= 4 is 17.2 Å². The second kappa shape index (κ2) is 5.80. The van der Waals surface area contributed by atoms with E-state index in [4.69, 9.17) is 5.73 Å². The molecule has 1 fully saturated rings. The zero-order chi connectivity index (χ0) is 13.1. The summed E-state index contributed by atoms with van der Waals surface area (Å²) in [5, 5.41) is 2.67. The number of likely N-dealkylation sites (tertiary alicyclic amines) is 1. The molecule has 0 aliphatic carbocycles. The summed E-state index contributed by atoms with van der Waals surface area (Å²) < 4.78 is 0. The Balaban J connectivity index is 2.13. The fourth-order valence-electron chi connectivity index (χ4n) is 2.43. The highest BCUT2D eigenvalue weighted by Crippen LogP contribution is 2.23. The van der Waals surface area contributed by atoms with E-state index < -0.39 is 0 Å². The minimum atomic E-state index is -0.0973. The molecule has 2 heterocycles. The fourth-order valence-corrected chi connectivity index (χ4v) is 3.19. The number of nitrogens with two attached hydrogens (primary N) is 1. The van der Waals surface area contributed by atoms with E-state index >= 15 is 0 Å². The number of thiazole rings is 1. The standard InChI is InChI=1S/C13H21N3OS/c1-3-10-6-4-5-7-16(10)13(17)11-8-18-12(15-11)9(2)14/h8-10H,3-7,14H2,1-2H3. The van der Waals surface area contributed by atoms with Crippen molar-refractivity contribution in [2.45, 2.75) is 51.6 Å². The highest BCUT2D eigenvalue weighted by atomic mass is 32.1. The maximum absolute atomic E-state index is 12.4. The van der Waals surface area contributed by atoms with E-state index in [1.807, 2.05) is 17.2 Å². The number of carbonyl (C=O) groups excluding carboxylic acids is 1. The van der Waals surface area contributed by atoms with Crippen molar-refractivity contribution in [3.63, 3.8) is 0 Å². The summed E-state index contributed by atoms with van der Waals surface area (Å²) in [6, 6.07) is 0.284. The van der Waals surface area contributed by atoms with Gasteiger partial charge in [0.1, 0.15) is 10.7 Å². The van der Waals surface area contributed by atoms with Gasteiger partial charge in [0, 0.05) is 18.0 Å². The van der Waals surface area contributed by atoms with Gasteiger partial charge < -0.3 is 10.6 Å². The lowest BCUT2D eigenvalue weighted by atomic mass is 10.00. The van der Waals surface area contributed by atoms with E-state index in [0.717, 1.165) is 30.8 Å². The molecule has 2 rings (SSSR count). The van der Waals surface area contributed by atoms with Gasteiger partial charge in [-0.25, -0.2) is 4.98 Å². The van der Waals surface area contributed by atoms with Gasteiger partial charge in [0.05, 0.1) is 6.04 Å². The minimum absolute atomic E-state index is 0.0738. The number of hydrogen-bond acceptors (Lipinski definition) is 4. The van der Waals surface area contributed by atoms with Crippen LogP contribution in [0.25, 0.3) is 0 Å². The molecule has 18 heavy (non-hydrogen) atoms. The van der Waals surface area contributed by atoms with Crippen LogP contribution in [0.1, 0.15) is 61.1 Å². The predicted molar refractivity (Wildman–Crippen MR) is 73.7 cm³/mol. The molecule has 5 heteroatoms. The van der Waals surface area contributed by atoms with E-state index in [0.29, 0.717) is 11.7 Å². The van der Waals surface area contributed by atoms with Crippen LogP contribution < -0.4 is 5.73 Å². The Labute approximate surface area is 112 Å². The Kier molecular flexibility index (Phi) is 4.35. The Hall–Kier alpha value is -0.940. The second-order valence-electron chi connectivity index (χ2n) is 4.92. The van der Waals surface area contributed by atoms with Gasteiger partial charge in [0.25, 0.3) is 5.91 Å². The lowest BCUT2D eigenvalue weighted by Gasteiger charge is -2.34. The van der Waals surface area contributed by atoms with Gasteiger partial charge in [0.15, 0.2) is 0 Å². The van der Waals surface area contributed by atoms with Crippen LogP contribution in [0.5, 0.6) is 0 Å². The molecular formula is C13H21N3OS. The summed E-state index contributed by atoms with van der Waals surface area (Å²) in [6.45, 7) is 4.90. The third-order valence-corrected chi connectivity index (χ3v) is 4.54. The average molecular weight is 267 g/mol. The molecule has 2 atom stereocenters. The Bertz CT molecular complexity index is 416. The highest BCUT2D eigenvalue weighted by molar-refractivity contribution is 7.09. The highest BCUT2D eigenvalue weighted by Gasteiger charge is 2.27. The summed E-state index contributed by atoms with van der Waals surface area (Å²) in [5.41, 5.74) is 6.34. The van der Waals surface area contributed by atoms with Crippen LogP contribution >= 0.6 is 11.3 Å². The molecule has 1 aromatic heterocycles. The third-order valence-electron chi connectivity index (χ3n) is 3.49. The molecule has 1 aliphatic rings. The predicted octanol–water partition coefficient (Wildman–Crippen LogP) is 2.57.